The normalized spacial score (nSPS) is 17.2. The Morgan fingerprint density at radius 1 is 1.12 bits per heavy atom. The molecule has 0 saturated carbocycles. The summed E-state index contributed by atoms with van der Waals surface area (Å²) >= 11 is 0. The largest absolute Gasteiger partial charge is 0.352 e. The van der Waals surface area contributed by atoms with Crippen LogP contribution in [0.5, 0.6) is 0 Å². The average Bonchev–Trinajstić information content (AvgIpc) is 3.07. The molecular weight excluding hydrogens is 316 g/mol. The van der Waals surface area contributed by atoms with Crippen molar-refractivity contribution < 1.29 is 4.79 Å². The maximum atomic E-state index is 12.0. The topological polar surface area (TPSA) is 82.2 Å². The number of nitrogens with zero attached hydrogens (tertiary/aromatic N) is 3. The quantitative estimate of drug-likeness (QED) is 0.665. The van der Waals surface area contributed by atoms with Crippen LogP contribution in [0.15, 0.2) is 48.8 Å². The minimum absolute atomic E-state index is 0.123. The molecule has 2 heterocycles. The summed E-state index contributed by atoms with van der Waals surface area (Å²) in [5.74, 6) is 0.567. The van der Waals surface area contributed by atoms with E-state index in [-0.39, 0.29) is 12.1 Å². The second-order valence-corrected chi connectivity index (χ2v) is 6.11. The number of anilines is 1. The zero-order valence-corrected chi connectivity index (χ0v) is 14.2. The fourth-order valence-corrected chi connectivity index (χ4v) is 2.91. The molecule has 0 spiro atoms. The number of rotatable bonds is 7. The predicted octanol–water partition coefficient (Wildman–Crippen LogP) is 1.46. The van der Waals surface area contributed by atoms with Crippen molar-refractivity contribution in [3.63, 3.8) is 0 Å². The van der Waals surface area contributed by atoms with Crippen LogP contribution in [0.2, 0.25) is 0 Å². The highest BCUT2D eigenvalue weighted by Gasteiger charge is 2.23. The van der Waals surface area contributed by atoms with Crippen molar-refractivity contribution >= 4 is 12.0 Å². The van der Waals surface area contributed by atoms with Crippen LogP contribution in [0.25, 0.3) is 0 Å². The van der Waals surface area contributed by atoms with Crippen LogP contribution in [-0.4, -0.2) is 53.1 Å². The lowest BCUT2D eigenvalue weighted by Crippen LogP contribution is -2.44. The Balaban J connectivity index is 1.31. The van der Waals surface area contributed by atoms with Gasteiger partial charge in [0, 0.05) is 51.2 Å². The van der Waals surface area contributed by atoms with Gasteiger partial charge in [0.25, 0.3) is 0 Å². The Hall–Kier alpha value is -2.67. The van der Waals surface area contributed by atoms with E-state index in [1.54, 1.807) is 18.5 Å². The Labute approximate surface area is 147 Å². The summed E-state index contributed by atoms with van der Waals surface area (Å²) in [6.07, 6.45) is 4.34. The number of aromatic nitrogens is 2. The van der Waals surface area contributed by atoms with Crippen molar-refractivity contribution in [2.75, 3.05) is 31.5 Å². The number of hydrogen-bond donors (Lipinski definition) is 3. The second kappa shape index (κ2) is 8.98. The number of carbonyl (C=O) groups excluding carboxylic acids is 1. The molecular formula is C18H24N6O. The smallest absolute Gasteiger partial charge is 0.315 e. The molecule has 2 amide bonds. The minimum Gasteiger partial charge on any atom is -0.352 e. The van der Waals surface area contributed by atoms with E-state index in [2.05, 4.69) is 55.1 Å². The van der Waals surface area contributed by atoms with E-state index < -0.39 is 0 Å². The maximum absolute atomic E-state index is 12.0. The van der Waals surface area contributed by atoms with Gasteiger partial charge in [-0.15, -0.1) is 0 Å². The molecule has 1 aromatic heterocycles. The molecule has 7 nitrogen and oxygen atoms in total. The van der Waals surface area contributed by atoms with Gasteiger partial charge in [-0.25, -0.2) is 14.8 Å². The van der Waals surface area contributed by atoms with Gasteiger partial charge >= 0.3 is 6.03 Å². The SMILES string of the molecule is O=C(NCCNc1ncccn1)N[C@H]1CCN(Cc2ccccc2)C1. The van der Waals surface area contributed by atoms with Crippen LogP contribution in [0.1, 0.15) is 12.0 Å². The van der Waals surface area contributed by atoms with Gasteiger partial charge in [-0.05, 0) is 18.1 Å². The highest BCUT2D eigenvalue weighted by atomic mass is 16.2. The third kappa shape index (κ3) is 5.72. The molecule has 1 aliphatic rings. The summed E-state index contributed by atoms with van der Waals surface area (Å²) in [6.45, 7) is 3.93. The van der Waals surface area contributed by atoms with Gasteiger partial charge in [-0.3, -0.25) is 4.90 Å². The summed E-state index contributed by atoms with van der Waals surface area (Å²) < 4.78 is 0. The van der Waals surface area contributed by atoms with Crippen molar-refractivity contribution in [2.45, 2.75) is 19.0 Å². The van der Waals surface area contributed by atoms with Gasteiger partial charge in [0.05, 0.1) is 0 Å². The molecule has 1 atom stereocenters. The number of urea groups is 1. The number of carbonyl (C=O) groups is 1. The van der Waals surface area contributed by atoms with E-state index in [1.165, 1.54) is 5.56 Å². The first kappa shape index (κ1) is 17.2. The van der Waals surface area contributed by atoms with Crippen LogP contribution < -0.4 is 16.0 Å². The lowest BCUT2D eigenvalue weighted by molar-refractivity contribution is 0.236. The molecule has 0 aliphatic carbocycles. The molecule has 1 saturated heterocycles. The third-order valence-corrected chi connectivity index (χ3v) is 4.12. The molecule has 0 unspecified atom stereocenters. The molecule has 3 N–H and O–H groups in total. The Morgan fingerprint density at radius 3 is 2.72 bits per heavy atom. The monoisotopic (exact) mass is 340 g/mol. The highest BCUT2D eigenvalue weighted by molar-refractivity contribution is 5.74. The lowest BCUT2D eigenvalue weighted by atomic mass is 10.2. The Bertz CT molecular complexity index is 651. The third-order valence-electron chi connectivity index (χ3n) is 4.12. The van der Waals surface area contributed by atoms with E-state index >= 15 is 0 Å². The zero-order valence-electron chi connectivity index (χ0n) is 14.2. The van der Waals surface area contributed by atoms with Crippen molar-refractivity contribution in [1.29, 1.82) is 0 Å². The molecule has 1 aliphatic heterocycles. The van der Waals surface area contributed by atoms with Crippen LogP contribution in [0, 0.1) is 0 Å². The van der Waals surface area contributed by atoms with Crippen molar-refractivity contribution in [3.05, 3.63) is 54.4 Å². The van der Waals surface area contributed by atoms with Crippen molar-refractivity contribution in [1.82, 2.24) is 25.5 Å². The number of benzene rings is 1. The zero-order chi connectivity index (χ0) is 17.3. The van der Waals surface area contributed by atoms with Gasteiger partial charge in [0.15, 0.2) is 0 Å². The molecule has 7 heteroatoms. The Morgan fingerprint density at radius 2 is 1.92 bits per heavy atom. The fourth-order valence-electron chi connectivity index (χ4n) is 2.91. The molecule has 1 aromatic carbocycles. The van der Waals surface area contributed by atoms with E-state index in [1.807, 2.05) is 6.07 Å². The molecule has 3 rings (SSSR count). The fraction of sp³-hybridized carbons (Fsp3) is 0.389. The van der Waals surface area contributed by atoms with E-state index in [9.17, 15) is 4.79 Å². The minimum atomic E-state index is -0.123. The standard InChI is InChI=1S/C18H24N6O/c25-18(22-11-10-21-17-19-8-4-9-20-17)23-16-7-12-24(14-16)13-15-5-2-1-3-6-15/h1-6,8-9,16H,7,10-14H2,(H,19,20,21)(H2,22,23,25)/t16-/m0/s1. The lowest BCUT2D eigenvalue weighted by Gasteiger charge is -2.17. The van der Waals surface area contributed by atoms with Gasteiger partial charge < -0.3 is 16.0 Å². The molecule has 1 fully saturated rings. The van der Waals surface area contributed by atoms with Gasteiger partial charge in [-0.1, -0.05) is 30.3 Å². The summed E-state index contributed by atoms with van der Waals surface area (Å²) in [7, 11) is 0. The first-order valence-corrected chi connectivity index (χ1v) is 8.61. The number of nitrogens with one attached hydrogen (secondary N) is 3. The summed E-state index contributed by atoms with van der Waals surface area (Å²) in [5, 5.41) is 8.96. The van der Waals surface area contributed by atoms with E-state index in [4.69, 9.17) is 0 Å². The highest BCUT2D eigenvalue weighted by Crippen LogP contribution is 2.13. The van der Waals surface area contributed by atoms with Crippen LogP contribution in [0.4, 0.5) is 10.7 Å². The first-order chi connectivity index (χ1) is 12.3. The molecule has 2 aromatic rings. The second-order valence-electron chi connectivity index (χ2n) is 6.11. The van der Waals surface area contributed by atoms with Crippen LogP contribution >= 0.6 is 0 Å². The van der Waals surface area contributed by atoms with E-state index in [0.29, 0.717) is 19.0 Å². The summed E-state index contributed by atoms with van der Waals surface area (Å²) in [4.78, 5) is 22.5. The van der Waals surface area contributed by atoms with E-state index in [0.717, 1.165) is 26.1 Å². The van der Waals surface area contributed by atoms with Gasteiger partial charge in [-0.2, -0.15) is 0 Å². The number of amides is 2. The van der Waals surface area contributed by atoms with Gasteiger partial charge in [0.1, 0.15) is 0 Å². The Kier molecular flexibility index (Phi) is 6.17. The molecule has 0 radical (unpaired) electrons. The van der Waals surface area contributed by atoms with Crippen LogP contribution in [-0.2, 0) is 6.54 Å². The summed E-state index contributed by atoms with van der Waals surface area (Å²) in [5.41, 5.74) is 1.31. The van der Waals surface area contributed by atoms with Gasteiger partial charge in [0.2, 0.25) is 5.95 Å². The van der Waals surface area contributed by atoms with Crippen LogP contribution in [0.3, 0.4) is 0 Å². The van der Waals surface area contributed by atoms with Crippen molar-refractivity contribution in [2.24, 2.45) is 0 Å². The number of hydrogen-bond acceptors (Lipinski definition) is 5. The predicted molar refractivity (Wildman–Crippen MR) is 97.2 cm³/mol. The molecule has 132 valence electrons. The molecule has 25 heavy (non-hydrogen) atoms. The number of likely N-dealkylation sites (tertiary alicyclic amines) is 1. The maximum Gasteiger partial charge on any atom is 0.315 e. The molecule has 0 bridgehead atoms. The first-order valence-electron chi connectivity index (χ1n) is 8.61. The average molecular weight is 340 g/mol. The van der Waals surface area contributed by atoms with Crippen molar-refractivity contribution in [3.8, 4) is 0 Å². The summed E-state index contributed by atoms with van der Waals surface area (Å²) in [6, 6.07) is 12.3.